The average molecular weight is 170 g/mol. The van der Waals surface area contributed by atoms with Crippen molar-refractivity contribution in [2.75, 3.05) is 13.2 Å². The molecular formula is C8H11FN2O. The molecule has 0 atom stereocenters. The van der Waals surface area contributed by atoms with Crippen LogP contribution in [0.25, 0.3) is 0 Å². The summed E-state index contributed by atoms with van der Waals surface area (Å²) in [7, 11) is 0. The molecule has 0 aromatic carbocycles. The average Bonchev–Trinajstić information content (AvgIpc) is 2.09. The third-order valence-corrected chi connectivity index (χ3v) is 1.46. The van der Waals surface area contributed by atoms with Crippen LogP contribution in [0.1, 0.15) is 5.56 Å². The summed E-state index contributed by atoms with van der Waals surface area (Å²) in [5.41, 5.74) is 0.568. The van der Waals surface area contributed by atoms with Gasteiger partial charge in [-0.3, -0.25) is 4.98 Å². The fourth-order valence-corrected chi connectivity index (χ4v) is 0.849. The van der Waals surface area contributed by atoms with E-state index >= 15 is 0 Å². The zero-order valence-corrected chi connectivity index (χ0v) is 6.63. The highest BCUT2D eigenvalue weighted by Gasteiger charge is 1.98. The number of nitrogens with zero attached hydrogens (tertiary/aromatic N) is 1. The summed E-state index contributed by atoms with van der Waals surface area (Å²) in [4.78, 5) is 3.62. The largest absolute Gasteiger partial charge is 0.395 e. The van der Waals surface area contributed by atoms with Crippen LogP contribution in [0.5, 0.6) is 0 Å². The minimum absolute atomic E-state index is 0.0622. The van der Waals surface area contributed by atoms with Gasteiger partial charge in [0.1, 0.15) is 5.82 Å². The van der Waals surface area contributed by atoms with Gasteiger partial charge < -0.3 is 10.4 Å². The molecule has 1 rings (SSSR count). The number of pyridine rings is 1. The molecule has 0 radical (unpaired) electrons. The lowest BCUT2D eigenvalue weighted by Crippen LogP contribution is -2.18. The molecule has 0 amide bonds. The SMILES string of the molecule is OCCNCc1ccncc1F. The van der Waals surface area contributed by atoms with Crippen molar-refractivity contribution in [1.29, 1.82) is 0 Å². The second-order valence-corrected chi connectivity index (χ2v) is 2.37. The van der Waals surface area contributed by atoms with E-state index in [1.54, 1.807) is 12.3 Å². The first-order chi connectivity index (χ1) is 5.84. The van der Waals surface area contributed by atoms with Gasteiger partial charge in [-0.15, -0.1) is 0 Å². The van der Waals surface area contributed by atoms with Crippen LogP contribution in [0.2, 0.25) is 0 Å². The number of aromatic nitrogens is 1. The fraction of sp³-hybridized carbons (Fsp3) is 0.375. The molecule has 3 nitrogen and oxygen atoms in total. The van der Waals surface area contributed by atoms with Crippen LogP contribution in [-0.2, 0) is 6.54 Å². The topological polar surface area (TPSA) is 45.1 Å². The van der Waals surface area contributed by atoms with Crippen molar-refractivity contribution < 1.29 is 9.50 Å². The van der Waals surface area contributed by atoms with Gasteiger partial charge in [0.2, 0.25) is 0 Å². The Balaban J connectivity index is 2.46. The molecule has 0 bridgehead atoms. The number of hydrogen-bond acceptors (Lipinski definition) is 3. The third kappa shape index (κ3) is 2.56. The van der Waals surface area contributed by atoms with Crippen LogP contribution in [-0.4, -0.2) is 23.2 Å². The molecule has 0 fully saturated rings. The second kappa shape index (κ2) is 4.79. The van der Waals surface area contributed by atoms with E-state index in [-0.39, 0.29) is 12.4 Å². The van der Waals surface area contributed by atoms with Crippen molar-refractivity contribution in [1.82, 2.24) is 10.3 Å². The van der Waals surface area contributed by atoms with Gasteiger partial charge in [0.05, 0.1) is 12.8 Å². The summed E-state index contributed by atoms with van der Waals surface area (Å²) in [6.07, 6.45) is 2.72. The van der Waals surface area contributed by atoms with E-state index in [4.69, 9.17) is 5.11 Å². The molecule has 2 N–H and O–H groups in total. The third-order valence-electron chi connectivity index (χ3n) is 1.46. The minimum atomic E-state index is -0.317. The summed E-state index contributed by atoms with van der Waals surface area (Å²) in [6, 6.07) is 1.61. The first kappa shape index (κ1) is 9.09. The van der Waals surface area contributed by atoms with E-state index in [2.05, 4.69) is 10.3 Å². The molecule has 0 aliphatic rings. The predicted octanol–water partition coefficient (Wildman–Crippen LogP) is 0.303. The van der Waals surface area contributed by atoms with Crippen molar-refractivity contribution >= 4 is 0 Å². The molecule has 0 unspecified atom stereocenters. The van der Waals surface area contributed by atoms with E-state index in [1.807, 2.05) is 0 Å². The first-order valence-electron chi connectivity index (χ1n) is 3.74. The van der Waals surface area contributed by atoms with Crippen LogP contribution in [0.15, 0.2) is 18.5 Å². The lowest BCUT2D eigenvalue weighted by atomic mass is 10.2. The van der Waals surface area contributed by atoms with E-state index in [0.717, 1.165) is 0 Å². The number of nitrogens with one attached hydrogen (secondary N) is 1. The highest BCUT2D eigenvalue weighted by Crippen LogP contribution is 2.02. The van der Waals surface area contributed by atoms with Crippen LogP contribution >= 0.6 is 0 Å². The smallest absolute Gasteiger partial charge is 0.145 e. The number of aliphatic hydroxyl groups excluding tert-OH is 1. The Kier molecular flexibility index (Phi) is 3.63. The number of rotatable bonds is 4. The Labute approximate surface area is 70.3 Å². The van der Waals surface area contributed by atoms with Gasteiger partial charge in [-0.05, 0) is 6.07 Å². The molecule has 0 aliphatic carbocycles. The van der Waals surface area contributed by atoms with Crippen molar-refractivity contribution in [2.45, 2.75) is 6.54 Å². The van der Waals surface area contributed by atoms with Gasteiger partial charge in [0.15, 0.2) is 0 Å². The summed E-state index contributed by atoms with van der Waals surface area (Å²) in [6.45, 7) is 0.962. The molecule has 12 heavy (non-hydrogen) atoms. The Morgan fingerprint density at radius 3 is 3.08 bits per heavy atom. The fourth-order valence-electron chi connectivity index (χ4n) is 0.849. The van der Waals surface area contributed by atoms with Crippen molar-refractivity contribution in [2.24, 2.45) is 0 Å². The maximum absolute atomic E-state index is 12.9. The van der Waals surface area contributed by atoms with Gasteiger partial charge in [-0.2, -0.15) is 0 Å². The summed E-state index contributed by atoms with van der Waals surface area (Å²) >= 11 is 0. The lowest BCUT2D eigenvalue weighted by molar-refractivity contribution is 0.291. The molecular weight excluding hydrogens is 159 g/mol. The molecule has 1 aromatic heterocycles. The van der Waals surface area contributed by atoms with Crippen LogP contribution in [0, 0.1) is 5.82 Å². The van der Waals surface area contributed by atoms with E-state index in [0.29, 0.717) is 18.7 Å². The van der Waals surface area contributed by atoms with Crippen molar-refractivity contribution in [3.63, 3.8) is 0 Å². The van der Waals surface area contributed by atoms with E-state index < -0.39 is 0 Å². The molecule has 0 saturated heterocycles. The lowest BCUT2D eigenvalue weighted by Gasteiger charge is -2.02. The molecule has 4 heteroatoms. The molecule has 1 heterocycles. The van der Waals surface area contributed by atoms with Gasteiger partial charge >= 0.3 is 0 Å². The summed E-state index contributed by atoms with van der Waals surface area (Å²) in [5.74, 6) is -0.317. The normalized spacial score (nSPS) is 10.2. The van der Waals surface area contributed by atoms with Gasteiger partial charge in [0, 0.05) is 24.8 Å². The maximum Gasteiger partial charge on any atom is 0.145 e. The minimum Gasteiger partial charge on any atom is -0.395 e. The number of aliphatic hydroxyl groups is 1. The van der Waals surface area contributed by atoms with E-state index in [9.17, 15) is 4.39 Å². The number of halogens is 1. The quantitative estimate of drug-likeness (QED) is 0.639. The zero-order valence-electron chi connectivity index (χ0n) is 6.63. The Hall–Kier alpha value is -1.00. The highest BCUT2D eigenvalue weighted by atomic mass is 19.1. The van der Waals surface area contributed by atoms with Crippen LogP contribution in [0.3, 0.4) is 0 Å². The van der Waals surface area contributed by atoms with Crippen LogP contribution in [0.4, 0.5) is 4.39 Å². The van der Waals surface area contributed by atoms with Crippen LogP contribution < -0.4 is 5.32 Å². The Morgan fingerprint density at radius 1 is 1.58 bits per heavy atom. The zero-order chi connectivity index (χ0) is 8.81. The Morgan fingerprint density at radius 2 is 2.42 bits per heavy atom. The van der Waals surface area contributed by atoms with Crippen molar-refractivity contribution in [3.8, 4) is 0 Å². The monoisotopic (exact) mass is 170 g/mol. The van der Waals surface area contributed by atoms with Gasteiger partial charge in [-0.1, -0.05) is 0 Å². The molecule has 0 spiro atoms. The van der Waals surface area contributed by atoms with E-state index in [1.165, 1.54) is 6.20 Å². The second-order valence-electron chi connectivity index (χ2n) is 2.37. The highest BCUT2D eigenvalue weighted by molar-refractivity contribution is 5.11. The molecule has 1 aromatic rings. The maximum atomic E-state index is 12.9. The molecule has 0 saturated carbocycles. The standard InChI is InChI=1S/C8H11FN2O/c9-8-6-10-2-1-7(8)5-11-3-4-12/h1-2,6,11-12H,3-5H2. The van der Waals surface area contributed by atoms with Gasteiger partial charge in [-0.25, -0.2) is 4.39 Å². The van der Waals surface area contributed by atoms with Crippen molar-refractivity contribution in [3.05, 3.63) is 29.8 Å². The first-order valence-corrected chi connectivity index (χ1v) is 3.74. The molecule has 0 aliphatic heterocycles. The summed E-state index contributed by atoms with van der Waals surface area (Å²) < 4.78 is 12.9. The predicted molar refractivity (Wildman–Crippen MR) is 43.0 cm³/mol. The Bertz CT molecular complexity index is 242. The molecule has 66 valence electrons. The van der Waals surface area contributed by atoms with Gasteiger partial charge in [0.25, 0.3) is 0 Å². The summed E-state index contributed by atoms with van der Waals surface area (Å²) in [5, 5.41) is 11.3. The number of hydrogen-bond donors (Lipinski definition) is 2.